The molecule has 3 N–H and O–H groups in total. The van der Waals surface area contributed by atoms with Gasteiger partial charge < -0.3 is 16.0 Å². The average Bonchev–Trinajstić information content (AvgIpc) is 2.45. The molecule has 2 rings (SSSR count). The number of para-hydroxylation sites is 1. The Morgan fingerprint density at radius 3 is 2.81 bits per heavy atom. The lowest BCUT2D eigenvalue weighted by atomic mass is 10.1. The number of fused-ring (bicyclic) bond motifs is 1. The molecule has 0 saturated heterocycles. The normalized spacial score (nSPS) is 10.4. The van der Waals surface area contributed by atoms with Crippen LogP contribution in [0.2, 0.25) is 0 Å². The van der Waals surface area contributed by atoms with Gasteiger partial charge in [0.05, 0.1) is 23.3 Å². The largest absolute Gasteiger partial charge is 0.389 e. The molecule has 0 spiro atoms. The maximum absolute atomic E-state index is 11.8. The van der Waals surface area contributed by atoms with Crippen molar-refractivity contribution in [3.05, 3.63) is 36.0 Å². The second kappa shape index (κ2) is 6.49. The molecule has 110 valence electrons. The van der Waals surface area contributed by atoms with Crippen molar-refractivity contribution in [2.24, 2.45) is 5.73 Å². The van der Waals surface area contributed by atoms with Crippen LogP contribution in [-0.2, 0) is 4.79 Å². The van der Waals surface area contributed by atoms with Crippen LogP contribution >= 0.6 is 12.2 Å². The zero-order valence-corrected chi connectivity index (χ0v) is 12.9. The quantitative estimate of drug-likeness (QED) is 0.818. The summed E-state index contributed by atoms with van der Waals surface area (Å²) >= 11 is 5.11. The highest BCUT2D eigenvalue weighted by Crippen LogP contribution is 2.28. The van der Waals surface area contributed by atoms with Crippen LogP contribution in [0.3, 0.4) is 0 Å². The van der Waals surface area contributed by atoms with E-state index in [0.717, 1.165) is 16.6 Å². The minimum atomic E-state index is -0.0465. The van der Waals surface area contributed by atoms with E-state index in [-0.39, 0.29) is 17.4 Å². The average molecular weight is 302 g/mol. The van der Waals surface area contributed by atoms with Crippen LogP contribution in [0.25, 0.3) is 10.9 Å². The highest BCUT2D eigenvalue weighted by molar-refractivity contribution is 7.80. The SMILES string of the molecule is CCNC(=O)CN(C)c1c(C(N)=S)cnc2ccccc12. The number of carbonyl (C=O) groups excluding carboxylic acids is 1. The Labute approximate surface area is 129 Å². The zero-order chi connectivity index (χ0) is 15.4. The summed E-state index contributed by atoms with van der Waals surface area (Å²) in [7, 11) is 1.85. The molecule has 21 heavy (non-hydrogen) atoms. The number of likely N-dealkylation sites (N-methyl/N-ethyl adjacent to an activating group) is 2. The molecule has 0 bridgehead atoms. The van der Waals surface area contributed by atoms with Crippen LogP contribution in [0.4, 0.5) is 5.69 Å². The molecule has 0 fully saturated rings. The van der Waals surface area contributed by atoms with Crippen molar-refractivity contribution in [1.82, 2.24) is 10.3 Å². The number of nitrogens with one attached hydrogen (secondary N) is 1. The van der Waals surface area contributed by atoms with E-state index in [9.17, 15) is 4.79 Å². The predicted octanol–water partition coefficient (Wildman–Crippen LogP) is 1.44. The van der Waals surface area contributed by atoms with Crippen molar-refractivity contribution in [2.45, 2.75) is 6.92 Å². The van der Waals surface area contributed by atoms with E-state index in [2.05, 4.69) is 10.3 Å². The number of hydrogen-bond donors (Lipinski definition) is 2. The number of pyridine rings is 1. The van der Waals surface area contributed by atoms with E-state index >= 15 is 0 Å². The van der Waals surface area contributed by atoms with Gasteiger partial charge in [-0.2, -0.15) is 0 Å². The van der Waals surface area contributed by atoms with E-state index in [1.807, 2.05) is 43.1 Å². The van der Waals surface area contributed by atoms with Gasteiger partial charge in [-0.25, -0.2) is 0 Å². The Bertz CT molecular complexity index is 686. The summed E-state index contributed by atoms with van der Waals surface area (Å²) in [6, 6.07) is 7.72. The van der Waals surface area contributed by atoms with Crippen LogP contribution in [0, 0.1) is 0 Å². The Balaban J connectivity index is 2.50. The molecule has 0 unspecified atom stereocenters. The van der Waals surface area contributed by atoms with E-state index in [1.165, 1.54) is 0 Å². The molecular formula is C15H18N4OS. The first-order chi connectivity index (χ1) is 10.0. The summed E-state index contributed by atoms with van der Waals surface area (Å²) in [6.45, 7) is 2.73. The zero-order valence-electron chi connectivity index (χ0n) is 12.1. The fourth-order valence-corrected chi connectivity index (χ4v) is 2.42. The van der Waals surface area contributed by atoms with Crippen LogP contribution in [0.5, 0.6) is 0 Å². The number of amides is 1. The molecule has 0 aliphatic carbocycles. The molecule has 5 nitrogen and oxygen atoms in total. The van der Waals surface area contributed by atoms with Gasteiger partial charge in [-0.1, -0.05) is 30.4 Å². The van der Waals surface area contributed by atoms with Crippen molar-refractivity contribution < 1.29 is 4.79 Å². The monoisotopic (exact) mass is 302 g/mol. The van der Waals surface area contributed by atoms with Crippen molar-refractivity contribution in [3.63, 3.8) is 0 Å². The lowest BCUT2D eigenvalue weighted by Gasteiger charge is -2.23. The first kappa shape index (κ1) is 15.2. The van der Waals surface area contributed by atoms with Gasteiger partial charge >= 0.3 is 0 Å². The fraction of sp³-hybridized carbons (Fsp3) is 0.267. The number of anilines is 1. The lowest BCUT2D eigenvalue weighted by Crippen LogP contribution is -2.36. The standard InChI is InChI=1S/C15H18N4OS/c1-3-17-13(20)9-19(2)14-10-6-4-5-7-12(10)18-8-11(14)15(16)21/h4-8H,3,9H2,1-2H3,(H2,16,21)(H,17,20). The summed E-state index contributed by atoms with van der Waals surface area (Å²) in [5.74, 6) is -0.0465. The smallest absolute Gasteiger partial charge is 0.239 e. The second-order valence-electron chi connectivity index (χ2n) is 4.71. The predicted molar refractivity (Wildman–Crippen MR) is 89.6 cm³/mol. The maximum Gasteiger partial charge on any atom is 0.239 e. The summed E-state index contributed by atoms with van der Waals surface area (Å²) < 4.78 is 0. The molecule has 1 aromatic heterocycles. The molecule has 0 aliphatic heterocycles. The van der Waals surface area contributed by atoms with Gasteiger partial charge in [-0.3, -0.25) is 9.78 Å². The lowest BCUT2D eigenvalue weighted by molar-refractivity contribution is -0.119. The number of nitrogens with zero attached hydrogens (tertiary/aromatic N) is 2. The molecule has 0 aliphatic rings. The van der Waals surface area contributed by atoms with Gasteiger partial charge in [0.2, 0.25) is 5.91 Å². The molecule has 1 aromatic carbocycles. The first-order valence-corrected chi connectivity index (χ1v) is 7.10. The highest BCUT2D eigenvalue weighted by Gasteiger charge is 2.16. The van der Waals surface area contributed by atoms with Crippen molar-refractivity contribution in [1.29, 1.82) is 0 Å². The van der Waals surface area contributed by atoms with E-state index in [1.54, 1.807) is 6.20 Å². The molecule has 6 heteroatoms. The summed E-state index contributed by atoms with van der Waals surface area (Å²) in [5.41, 5.74) is 8.15. The maximum atomic E-state index is 11.8. The third-order valence-electron chi connectivity index (χ3n) is 3.15. The number of nitrogens with two attached hydrogens (primary N) is 1. The van der Waals surface area contributed by atoms with Crippen LogP contribution < -0.4 is 16.0 Å². The van der Waals surface area contributed by atoms with Gasteiger partial charge in [-0.05, 0) is 13.0 Å². The molecule has 1 amide bonds. The number of rotatable bonds is 5. The van der Waals surface area contributed by atoms with Gasteiger partial charge in [0.15, 0.2) is 0 Å². The summed E-state index contributed by atoms with van der Waals surface area (Å²) in [4.78, 5) is 18.3. The van der Waals surface area contributed by atoms with Gasteiger partial charge in [0.25, 0.3) is 0 Å². The molecule has 2 aromatic rings. The second-order valence-corrected chi connectivity index (χ2v) is 5.15. The number of thiocarbonyl (C=S) groups is 1. The van der Waals surface area contributed by atoms with Crippen molar-refractivity contribution >= 4 is 39.7 Å². The van der Waals surface area contributed by atoms with Crippen LogP contribution in [0.1, 0.15) is 12.5 Å². The molecule has 0 radical (unpaired) electrons. The minimum absolute atomic E-state index is 0.0465. The van der Waals surface area contributed by atoms with Crippen molar-refractivity contribution in [2.75, 3.05) is 25.0 Å². The van der Waals surface area contributed by atoms with Gasteiger partial charge in [0.1, 0.15) is 4.99 Å². The summed E-state index contributed by atoms with van der Waals surface area (Å²) in [6.07, 6.45) is 1.66. The Morgan fingerprint density at radius 2 is 2.14 bits per heavy atom. The van der Waals surface area contributed by atoms with Gasteiger partial charge in [-0.15, -0.1) is 0 Å². The number of benzene rings is 1. The topological polar surface area (TPSA) is 71.2 Å². The van der Waals surface area contributed by atoms with E-state index in [0.29, 0.717) is 12.1 Å². The highest BCUT2D eigenvalue weighted by atomic mass is 32.1. The Hall–Kier alpha value is -2.21. The van der Waals surface area contributed by atoms with Crippen LogP contribution in [0.15, 0.2) is 30.5 Å². The van der Waals surface area contributed by atoms with Crippen molar-refractivity contribution in [3.8, 4) is 0 Å². The number of hydrogen-bond acceptors (Lipinski definition) is 4. The third-order valence-corrected chi connectivity index (χ3v) is 3.37. The van der Waals surface area contributed by atoms with Gasteiger partial charge in [0, 0.05) is 25.2 Å². The fourth-order valence-electron chi connectivity index (χ4n) is 2.27. The Kier molecular flexibility index (Phi) is 4.70. The Morgan fingerprint density at radius 1 is 1.43 bits per heavy atom. The number of aromatic nitrogens is 1. The first-order valence-electron chi connectivity index (χ1n) is 6.70. The molecule has 1 heterocycles. The third kappa shape index (κ3) is 3.28. The minimum Gasteiger partial charge on any atom is -0.389 e. The number of carbonyl (C=O) groups is 1. The molecule has 0 saturated carbocycles. The molecule has 0 atom stereocenters. The molecular weight excluding hydrogens is 284 g/mol. The van der Waals surface area contributed by atoms with E-state index < -0.39 is 0 Å². The van der Waals surface area contributed by atoms with Crippen LogP contribution in [-0.4, -0.2) is 36.0 Å². The summed E-state index contributed by atoms with van der Waals surface area (Å²) in [5, 5.41) is 3.71. The van der Waals surface area contributed by atoms with E-state index in [4.69, 9.17) is 18.0 Å².